The number of Topliss-reactive ketones (excluding diaryl/α,β-unsaturated/α-hetero) is 1. The topological polar surface area (TPSA) is 26.3 Å². The molecule has 12 heavy (non-hydrogen) atoms. The van der Waals surface area contributed by atoms with Crippen LogP contribution in [0.1, 0.15) is 6.92 Å². The normalized spacial score (nSPS) is 9.08. The summed E-state index contributed by atoms with van der Waals surface area (Å²) in [5.74, 6) is 0.570. The van der Waals surface area contributed by atoms with Crippen LogP contribution in [0.25, 0.3) is 0 Å². The van der Waals surface area contributed by atoms with Crippen molar-refractivity contribution in [3.05, 3.63) is 30.3 Å². The van der Waals surface area contributed by atoms with Crippen LogP contribution in [0.4, 0.5) is 0 Å². The van der Waals surface area contributed by atoms with Gasteiger partial charge in [0, 0.05) is 0 Å². The number of rotatable bonds is 3. The number of ether oxygens (including phenoxy) is 1. The molecule has 0 saturated carbocycles. The number of carbonyl (C=O) groups is 1. The molecule has 0 aliphatic heterocycles. The maximum absolute atomic E-state index is 10.8. The Hall–Kier alpha value is -0.921. The molecule has 1 rings (SSSR count). The minimum absolute atomic E-state index is 0.0983. The van der Waals surface area contributed by atoms with Gasteiger partial charge in [0.25, 0.3) is 0 Å². The van der Waals surface area contributed by atoms with Gasteiger partial charge in [-0.25, -0.2) is 0 Å². The van der Waals surface area contributed by atoms with Crippen LogP contribution in [0.2, 0.25) is 0 Å². The molecule has 0 amide bonds. The van der Waals surface area contributed by atoms with Gasteiger partial charge in [-0.1, -0.05) is 0 Å². The zero-order chi connectivity index (χ0) is 8.97. The summed E-state index contributed by atoms with van der Waals surface area (Å²) in [5.41, 5.74) is 0. The number of para-hydroxylation sites is 1. The van der Waals surface area contributed by atoms with E-state index in [-0.39, 0.29) is 5.78 Å². The Morgan fingerprint density at radius 2 is 1.92 bits per heavy atom. The van der Waals surface area contributed by atoms with Gasteiger partial charge in [-0.15, -0.1) is 0 Å². The summed E-state index contributed by atoms with van der Waals surface area (Å²) in [7, 11) is 0. The summed E-state index contributed by atoms with van der Waals surface area (Å²) in [6, 6.07) is 9.17. The molecule has 3 heteroatoms. The van der Waals surface area contributed by atoms with E-state index in [9.17, 15) is 4.79 Å². The number of hydrogen-bond acceptors (Lipinski definition) is 2. The van der Waals surface area contributed by atoms with Crippen LogP contribution in [0, 0.1) is 0 Å². The number of benzene rings is 1. The van der Waals surface area contributed by atoms with E-state index < -0.39 is 0 Å². The summed E-state index contributed by atoms with van der Waals surface area (Å²) >= 11 is 2.57. The Bertz CT molecular complexity index is 293. The molecule has 0 N–H and O–H groups in total. The summed E-state index contributed by atoms with van der Waals surface area (Å²) in [4.78, 5) is 10.8. The van der Waals surface area contributed by atoms with Gasteiger partial charge in [-0.2, -0.15) is 0 Å². The van der Waals surface area contributed by atoms with Crippen molar-refractivity contribution in [1.82, 2.24) is 0 Å². The zero-order valence-electron chi connectivity index (χ0n) is 6.61. The van der Waals surface area contributed by atoms with Gasteiger partial charge in [0.1, 0.15) is 0 Å². The fourth-order valence-corrected chi connectivity index (χ4v) is 0.869. The van der Waals surface area contributed by atoms with Crippen molar-refractivity contribution in [3.63, 3.8) is 0 Å². The first-order chi connectivity index (χ1) is 5.70. The molecule has 62 valence electrons. The Morgan fingerprint density at radius 1 is 1.33 bits per heavy atom. The maximum atomic E-state index is 10.8. The molecule has 0 atom stereocenters. The summed E-state index contributed by atoms with van der Waals surface area (Å²) < 4.78 is 5.48. The molecule has 0 unspecified atom stereocenters. The molecule has 0 heterocycles. The summed E-state index contributed by atoms with van der Waals surface area (Å²) in [6.07, 6.45) is 0. The van der Waals surface area contributed by atoms with Gasteiger partial charge < -0.3 is 0 Å². The van der Waals surface area contributed by atoms with Crippen LogP contribution in [0.15, 0.2) is 30.3 Å². The predicted molar refractivity (Wildman–Crippen MR) is 48.5 cm³/mol. The van der Waals surface area contributed by atoms with Crippen LogP contribution in [0.5, 0.6) is 5.75 Å². The Labute approximate surface area is 78.9 Å². The van der Waals surface area contributed by atoms with E-state index in [1.165, 1.54) is 6.92 Å². The average molecular weight is 227 g/mol. The molecule has 0 spiro atoms. The molecular weight excluding hydrogens is 219 g/mol. The van der Waals surface area contributed by atoms with Crippen molar-refractivity contribution in [2.75, 3.05) is 0 Å². The first kappa shape index (κ1) is 9.17. The Balaban J connectivity index is 2.65. The van der Waals surface area contributed by atoms with Crippen LogP contribution >= 0.6 is 0 Å². The minimum atomic E-state index is -0.0983. The third-order valence-electron chi connectivity index (χ3n) is 1.24. The fraction of sp³-hybridized carbons (Fsp3) is 0.111. The third kappa shape index (κ3) is 2.61. The van der Waals surface area contributed by atoms with Crippen LogP contribution < -0.4 is 4.74 Å². The standard InChI is InChI=1S/C9H8O2Se/c1-7(10)9(12)11-8-5-3-2-4-6-8/h2-6H,1H3. The Kier molecular flexibility index (Phi) is 3.20. The monoisotopic (exact) mass is 228 g/mol. The molecule has 0 aliphatic rings. The van der Waals surface area contributed by atoms with Gasteiger partial charge in [-0.3, -0.25) is 0 Å². The van der Waals surface area contributed by atoms with Crippen molar-refractivity contribution < 1.29 is 9.53 Å². The summed E-state index contributed by atoms with van der Waals surface area (Å²) in [6.45, 7) is 1.45. The molecule has 1 aromatic carbocycles. The number of hydrogen-bond donors (Lipinski definition) is 0. The van der Waals surface area contributed by atoms with Gasteiger partial charge in [0.05, 0.1) is 0 Å². The summed E-state index contributed by atoms with van der Waals surface area (Å²) in [5, 5.41) is 0. The van der Waals surface area contributed by atoms with Crippen molar-refractivity contribution >= 4 is 26.0 Å². The van der Waals surface area contributed by atoms with Crippen molar-refractivity contribution in [1.29, 1.82) is 0 Å². The molecule has 0 aromatic heterocycles. The van der Waals surface area contributed by atoms with E-state index >= 15 is 0 Å². The molecule has 0 aliphatic carbocycles. The van der Waals surface area contributed by atoms with Crippen LogP contribution in [-0.4, -0.2) is 26.0 Å². The second kappa shape index (κ2) is 4.19. The van der Waals surface area contributed by atoms with E-state index in [4.69, 9.17) is 4.74 Å². The number of ketones is 1. The number of carbonyl (C=O) groups excluding carboxylic acids is 1. The van der Waals surface area contributed by atoms with E-state index in [2.05, 4.69) is 15.6 Å². The predicted octanol–water partition coefficient (Wildman–Crippen LogP) is 0.953. The molecule has 1 aromatic rings. The van der Waals surface area contributed by atoms with E-state index in [0.717, 1.165) is 0 Å². The molecule has 2 nitrogen and oxygen atoms in total. The van der Waals surface area contributed by atoms with Crippen molar-refractivity contribution in [2.45, 2.75) is 6.92 Å². The third-order valence-corrected chi connectivity index (χ3v) is 2.02. The SMILES string of the molecule is CC(=O)C(=[Se])Oc1ccccc1. The van der Waals surface area contributed by atoms with Gasteiger partial charge in [0.15, 0.2) is 0 Å². The van der Waals surface area contributed by atoms with Crippen LogP contribution in [-0.2, 0) is 4.79 Å². The molecule has 0 radical (unpaired) electrons. The molecule has 0 bridgehead atoms. The van der Waals surface area contributed by atoms with Crippen LogP contribution in [0.3, 0.4) is 0 Å². The van der Waals surface area contributed by atoms with Crippen molar-refractivity contribution in [3.8, 4) is 5.75 Å². The first-order valence-corrected chi connectivity index (χ1v) is 4.33. The Morgan fingerprint density at radius 3 is 2.42 bits per heavy atom. The van der Waals surface area contributed by atoms with E-state index in [1.807, 2.05) is 18.2 Å². The van der Waals surface area contributed by atoms with Gasteiger partial charge >= 0.3 is 78.5 Å². The fourth-order valence-electron chi connectivity index (χ4n) is 0.667. The van der Waals surface area contributed by atoms with Gasteiger partial charge in [0.2, 0.25) is 0 Å². The van der Waals surface area contributed by atoms with Gasteiger partial charge in [-0.05, 0) is 0 Å². The molecular formula is C9H8O2Se. The molecule has 0 saturated heterocycles. The second-order valence-corrected chi connectivity index (χ2v) is 3.04. The zero-order valence-corrected chi connectivity index (χ0v) is 8.32. The average Bonchev–Trinajstić information content (AvgIpc) is 2.06. The quantitative estimate of drug-likeness (QED) is 0.719. The molecule has 0 fully saturated rings. The van der Waals surface area contributed by atoms with E-state index in [1.54, 1.807) is 12.1 Å². The second-order valence-electron chi connectivity index (χ2n) is 2.26. The van der Waals surface area contributed by atoms with E-state index in [0.29, 0.717) is 10.4 Å². The first-order valence-electron chi connectivity index (χ1n) is 3.48. The van der Waals surface area contributed by atoms with Crippen molar-refractivity contribution in [2.24, 2.45) is 0 Å².